The smallest absolute Gasteiger partial charge is 0.0719 e. The summed E-state index contributed by atoms with van der Waals surface area (Å²) in [7, 11) is 0. The molecule has 0 N–H and O–H groups in total. The molecule has 482 valence electrons. The highest BCUT2D eigenvalue weighted by atomic mass is 15.1. The molecular weight excluding hydrogens is 1090 g/mol. The molecule has 0 amide bonds. The molecular formula is C90H117N. The fourth-order valence-corrected chi connectivity index (χ4v) is 13.6. The van der Waals surface area contributed by atoms with Crippen molar-refractivity contribution in [2.24, 2.45) is 0 Å². The third kappa shape index (κ3) is 15.4. The maximum atomic E-state index is 2.48. The van der Waals surface area contributed by atoms with Crippen LogP contribution in [0.1, 0.15) is 236 Å². The largest absolute Gasteiger partial charge is 0.300 e. The number of nitrogens with zero attached hydrogens (tertiary/aromatic N) is 1. The van der Waals surface area contributed by atoms with E-state index in [1.165, 1.54) is 117 Å². The maximum absolute atomic E-state index is 2.48. The quantitative estimate of drug-likeness (QED) is 0.170. The van der Waals surface area contributed by atoms with Crippen LogP contribution in [0.4, 0.5) is 0 Å². The van der Waals surface area contributed by atoms with E-state index in [2.05, 4.69) is 255 Å². The van der Waals surface area contributed by atoms with Crippen LogP contribution in [0.5, 0.6) is 0 Å². The Morgan fingerprint density at radius 1 is 0.231 bits per heavy atom. The SMILES string of the molecule is CC.CC.CC.CC.CC.CC.CC.CC.CC.CC.CCN(CC)Cc1cccc2c1-c1ccccc1C2.c1ccc2c(c1)Cc1ccccc1C21c2ccccc2-c2ccccc21.c1ccc2c(c1)Cc1ccccc1C21c2ccccc2-c2ccccc21. The molecule has 15 rings (SSSR count). The monoisotopic (exact) mass is 1210 g/mol. The van der Waals surface area contributed by atoms with Gasteiger partial charge in [-0.15, -0.1) is 0 Å². The van der Waals surface area contributed by atoms with Gasteiger partial charge in [-0.3, -0.25) is 4.90 Å². The zero-order valence-corrected chi connectivity index (χ0v) is 60.7. The lowest BCUT2D eigenvalue weighted by atomic mass is 9.61. The predicted molar refractivity (Wildman–Crippen MR) is 408 cm³/mol. The molecule has 0 fully saturated rings. The number of rotatable bonds is 4. The standard InChI is InChI=1S/2C26H18.C18H21N.10C2H6/c2*1-5-13-22-18(9-1)17-19-10-2-6-14-23(19)26(22)24-15-7-3-11-20(24)21-12-4-8-16-25(21)26;1-3-19(4-2)13-16-10-7-9-15-12-14-8-5-6-11-17(14)18(15)16;10*1-2/h2*1-16H,17H2;5-11H,3-4,12-13H2,1-2H3;10*1-2H3. The lowest BCUT2D eigenvalue weighted by Crippen LogP contribution is -2.34. The topological polar surface area (TPSA) is 3.24 Å². The zero-order chi connectivity index (χ0) is 67.5. The first-order chi connectivity index (χ1) is 45.1. The Morgan fingerprint density at radius 3 is 0.736 bits per heavy atom. The summed E-state index contributed by atoms with van der Waals surface area (Å²) >= 11 is 0. The normalized spacial score (nSPS) is 11.9. The third-order valence-electron chi connectivity index (χ3n) is 16.5. The summed E-state index contributed by atoms with van der Waals surface area (Å²) in [5.74, 6) is 0. The van der Waals surface area contributed by atoms with E-state index in [0.29, 0.717) is 0 Å². The summed E-state index contributed by atoms with van der Waals surface area (Å²) in [5, 5.41) is 0. The van der Waals surface area contributed by atoms with Crippen LogP contribution in [0.3, 0.4) is 0 Å². The maximum Gasteiger partial charge on any atom is 0.0719 e. The second kappa shape index (κ2) is 40.8. The lowest BCUT2D eigenvalue weighted by molar-refractivity contribution is 0.296. The van der Waals surface area contributed by atoms with Crippen molar-refractivity contribution in [1.82, 2.24) is 4.90 Å². The van der Waals surface area contributed by atoms with Gasteiger partial charge in [0.1, 0.15) is 0 Å². The lowest BCUT2D eigenvalue weighted by Gasteiger charge is -2.40. The molecule has 91 heavy (non-hydrogen) atoms. The molecule has 1 nitrogen and oxygen atoms in total. The van der Waals surface area contributed by atoms with Gasteiger partial charge in [-0.1, -0.05) is 389 Å². The summed E-state index contributed by atoms with van der Waals surface area (Å²) in [6.07, 6.45) is 3.12. The van der Waals surface area contributed by atoms with E-state index in [1.807, 2.05) is 138 Å². The summed E-state index contributed by atoms with van der Waals surface area (Å²) in [4.78, 5) is 2.48. The second-order valence-corrected chi connectivity index (χ2v) is 19.9. The molecule has 0 atom stereocenters. The van der Waals surface area contributed by atoms with Crippen LogP contribution in [-0.2, 0) is 36.6 Å². The summed E-state index contributed by atoms with van der Waals surface area (Å²) in [5.41, 5.74) is 29.7. The molecule has 1 heteroatoms. The third-order valence-corrected chi connectivity index (χ3v) is 16.5. The minimum absolute atomic E-state index is 0.196. The van der Waals surface area contributed by atoms with Crippen LogP contribution >= 0.6 is 0 Å². The highest BCUT2D eigenvalue weighted by molar-refractivity contribution is 5.89. The van der Waals surface area contributed by atoms with E-state index in [1.54, 1.807) is 0 Å². The van der Waals surface area contributed by atoms with Gasteiger partial charge in [0.2, 0.25) is 0 Å². The Bertz CT molecular complexity index is 3290. The van der Waals surface area contributed by atoms with E-state index in [0.717, 1.165) is 38.9 Å². The molecule has 0 aromatic heterocycles. The van der Waals surface area contributed by atoms with Gasteiger partial charge in [0.15, 0.2) is 0 Å². The number of hydrogen-bond donors (Lipinski definition) is 0. The first kappa shape index (κ1) is 77.4. The van der Waals surface area contributed by atoms with E-state index in [-0.39, 0.29) is 10.8 Å². The molecule has 10 aromatic rings. The molecule has 0 saturated carbocycles. The molecule has 5 aliphatic carbocycles. The molecule has 0 saturated heterocycles. The Hall–Kier alpha value is -7.84. The van der Waals surface area contributed by atoms with Crippen LogP contribution in [0, 0.1) is 0 Å². The molecule has 10 aromatic carbocycles. The molecule has 0 bridgehead atoms. The van der Waals surface area contributed by atoms with Crippen molar-refractivity contribution in [2.75, 3.05) is 13.1 Å². The molecule has 0 heterocycles. The van der Waals surface area contributed by atoms with Crippen LogP contribution < -0.4 is 0 Å². The predicted octanol–water partition coefficient (Wildman–Crippen LogP) is 26.3. The van der Waals surface area contributed by atoms with Gasteiger partial charge in [0, 0.05) is 6.54 Å². The fourth-order valence-electron chi connectivity index (χ4n) is 13.6. The van der Waals surface area contributed by atoms with Crippen molar-refractivity contribution in [3.63, 3.8) is 0 Å². The van der Waals surface area contributed by atoms with E-state index in [4.69, 9.17) is 0 Å². The Morgan fingerprint density at radius 2 is 0.451 bits per heavy atom. The summed E-state index contributed by atoms with van der Waals surface area (Å²) in [6, 6.07) is 87.5. The summed E-state index contributed by atoms with van der Waals surface area (Å²) < 4.78 is 0. The van der Waals surface area contributed by atoms with Crippen molar-refractivity contribution < 1.29 is 0 Å². The Kier molecular flexibility index (Phi) is 34.7. The molecule has 0 unspecified atom stereocenters. The van der Waals surface area contributed by atoms with Gasteiger partial charge in [0.25, 0.3) is 0 Å². The number of hydrogen-bond acceptors (Lipinski definition) is 1. The number of benzene rings is 10. The minimum Gasteiger partial charge on any atom is -0.300 e. The molecule has 2 spiro atoms. The summed E-state index contributed by atoms with van der Waals surface area (Å²) in [6.45, 7) is 47.8. The average Bonchev–Trinajstić information content (AvgIpc) is 1.59. The first-order valence-electron chi connectivity index (χ1n) is 35.8. The van der Waals surface area contributed by atoms with Crippen LogP contribution in [-0.4, -0.2) is 18.0 Å². The van der Waals surface area contributed by atoms with Gasteiger partial charge in [-0.25, -0.2) is 0 Å². The second-order valence-electron chi connectivity index (χ2n) is 19.9. The van der Waals surface area contributed by atoms with Crippen LogP contribution in [0.2, 0.25) is 0 Å². The van der Waals surface area contributed by atoms with Crippen molar-refractivity contribution in [2.45, 2.75) is 189 Å². The average molecular weight is 1210 g/mol. The highest BCUT2D eigenvalue weighted by Gasteiger charge is 2.51. The van der Waals surface area contributed by atoms with E-state index < -0.39 is 0 Å². The van der Waals surface area contributed by atoms with Gasteiger partial charge in [-0.2, -0.15) is 0 Å². The zero-order valence-electron chi connectivity index (χ0n) is 60.7. The van der Waals surface area contributed by atoms with Crippen molar-refractivity contribution in [1.29, 1.82) is 0 Å². The minimum atomic E-state index is -0.196. The van der Waals surface area contributed by atoms with Crippen LogP contribution in [0.15, 0.2) is 237 Å². The van der Waals surface area contributed by atoms with Gasteiger partial charge in [-0.05, 0) is 149 Å². The van der Waals surface area contributed by atoms with E-state index >= 15 is 0 Å². The fraction of sp³-hybridized carbons (Fsp3) is 0.333. The highest BCUT2D eigenvalue weighted by Crippen LogP contribution is 2.60. The molecule has 0 aliphatic heterocycles. The van der Waals surface area contributed by atoms with Gasteiger partial charge < -0.3 is 0 Å². The van der Waals surface area contributed by atoms with Crippen LogP contribution in [0.25, 0.3) is 33.4 Å². The Balaban J connectivity index is 0.000000316. The Labute approximate surface area is 557 Å². The van der Waals surface area contributed by atoms with Gasteiger partial charge >= 0.3 is 0 Å². The van der Waals surface area contributed by atoms with E-state index in [9.17, 15) is 0 Å². The first-order valence-corrected chi connectivity index (χ1v) is 35.8. The van der Waals surface area contributed by atoms with Crippen molar-refractivity contribution >= 4 is 0 Å². The molecule has 5 aliphatic rings. The van der Waals surface area contributed by atoms with Crippen molar-refractivity contribution in [3.05, 3.63) is 320 Å². The molecule has 0 radical (unpaired) electrons. The number of fused-ring (bicyclic) bond motifs is 21. The van der Waals surface area contributed by atoms with Crippen molar-refractivity contribution in [3.8, 4) is 33.4 Å². The van der Waals surface area contributed by atoms with Gasteiger partial charge in [0.05, 0.1) is 10.8 Å².